The van der Waals surface area contributed by atoms with Crippen molar-refractivity contribution >= 4 is 11.6 Å². The van der Waals surface area contributed by atoms with E-state index in [-0.39, 0.29) is 0 Å². The first-order valence-electron chi connectivity index (χ1n) is 3.52. The van der Waals surface area contributed by atoms with Crippen molar-refractivity contribution in [2.45, 2.75) is 0 Å². The Morgan fingerprint density at radius 3 is 1.62 bits per heavy atom. The summed E-state index contributed by atoms with van der Waals surface area (Å²) in [6, 6.07) is 3.49. The van der Waals surface area contributed by atoms with E-state index in [0.717, 1.165) is 0 Å². The highest BCUT2D eigenvalue weighted by molar-refractivity contribution is 6.28. The Morgan fingerprint density at radius 1 is 0.846 bits per heavy atom. The summed E-state index contributed by atoms with van der Waals surface area (Å²) < 4.78 is 0. The van der Waals surface area contributed by atoms with Gasteiger partial charge in [-0.25, -0.2) is 19.9 Å². The van der Waals surface area contributed by atoms with Crippen LogP contribution in [0.4, 0.5) is 0 Å². The van der Waals surface area contributed by atoms with Crippen LogP contribution in [0.5, 0.6) is 0 Å². The minimum absolute atomic E-state index is 0.294. The van der Waals surface area contributed by atoms with Crippen LogP contribution in [-0.4, -0.2) is 19.9 Å². The Kier molecular flexibility index (Phi) is 4.42. The highest BCUT2D eigenvalue weighted by Gasteiger charge is 1.78. The predicted octanol–water partition coefficient (Wildman–Crippen LogP) is 1.61. The van der Waals surface area contributed by atoms with Crippen LogP contribution in [0.3, 0.4) is 0 Å². The maximum absolute atomic E-state index is 5.32. The van der Waals surface area contributed by atoms with E-state index in [1.54, 1.807) is 36.9 Å². The van der Waals surface area contributed by atoms with Gasteiger partial charge in [-0.05, 0) is 23.7 Å². The van der Waals surface area contributed by atoms with E-state index < -0.39 is 0 Å². The van der Waals surface area contributed by atoms with Crippen LogP contribution in [0.25, 0.3) is 0 Å². The quantitative estimate of drug-likeness (QED) is 0.598. The van der Waals surface area contributed by atoms with E-state index >= 15 is 0 Å². The maximum atomic E-state index is 5.32. The van der Waals surface area contributed by atoms with Gasteiger partial charge < -0.3 is 0 Å². The van der Waals surface area contributed by atoms with Gasteiger partial charge in [0.05, 0.1) is 0 Å². The summed E-state index contributed by atoms with van der Waals surface area (Å²) in [6.45, 7) is 0. The van der Waals surface area contributed by atoms with Gasteiger partial charge in [-0.3, -0.25) is 0 Å². The Morgan fingerprint density at radius 2 is 1.38 bits per heavy atom. The van der Waals surface area contributed by atoms with Gasteiger partial charge in [0.2, 0.25) is 5.28 Å². The number of nitrogens with zero attached hydrogens (tertiary/aromatic N) is 4. The lowest BCUT2D eigenvalue weighted by Gasteiger charge is -1.78. The summed E-state index contributed by atoms with van der Waals surface area (Å²) in [5.41, 5.74) is 0. The Labute approximate surface area is 80.7 Å². The highest BCUT2D eigenvalue weighted by atomic mass is 35.5. The first-order chi connectivity index (χ1) is 6.39. The molecule has 0 aromatic carbocycles. The molecular formula is C8H7ClN4. The van der Waals surface area contributed by atoms with E-state index in [0.29, 0.717) is 5.28 Å². The molecule has 4 nitrogen and oxygen atoms in total. The number of aromatic nitrogens is 4. The van der Waals surface area contributed by atoms with Gasteiger partial charge in [-0.15, -0.1) is 0 Å². The predicted molar refractivity (Wildman–Crippen MR) is 49.1 cm³/mol. The SMILES string of the molecule is Clc1ncccn1.c1cncnc1. The molecule has 5 heteroatoms. The second kappa shape index (κ2) is 6.02. The van der Waals surface area contributed by atoms with Gasteiger partial charge in [-0.2, -0.15) is 0 Å². The Balaban J connectivity index is 0.000000132. The minimum Gasteiger partial charge on any atom is -0.245 e. The maximum Gasteiger partial charge on any atom is 0.222 e. The average Bonchev–Trinajstić information content (AvgIpc) is 2.22. The van der Waals surface area contributed by atoms with E-state index in [2.05, 4.69) is 19.9 Å². The number of halogens is 1. The molecule has 0 aliphatic carbocycles. The Bertz CT molecular complexity index is 287. The van der Waals surface area contributed by atoms with Crippen molar-refractivity contribution in [1.29, 1.82) is 0 Å². The zero-order valence-electron chi connectivity index (χ0n) is 6.71. The van der Waals surface area contributed by atoms with Crippen molar-refractivity contribution in [3.05, 3.63) is 48.5 Å². The lowest BCUT2D eigenvalue weighted by molar-refractivity contribution is 1.17. The van der Waals surface area contributed by atoms with Crippen molar-refractivity contribution in [2.24, 2.45) is 0 Å². The molecule has 0 fully saturated rings. The molecule has 2 aromatic rings. The third-order valence-corrected chi connectivity index (χ3v) is 1.21. The molecule has 2 heterocycles. The molecule has 0 unspecified atom stereocenters. The summed E-state index contributed by atoms with van der Waals surface area (Å²) >= 11 is 5.32. The topological polar surface area (TPSA) is 51.6 Å². The molecule has 0 radical (unpaired) electrons. The molecule has 0 saturated heterocycles. The van der Waals surface area contributed by atoms with E-state index in [1.165, 1.54) is 6.33 Å². The van der Waals surface area contributed by atoms with E-state index in [4.69, 9.17) is 11.6 Å². The second-order valence-corrected chi connectivity index (χ2v) is 2.26. The lowest BCUT2D eigenvalue weighted by atomic mass is 10.7. The molecule has 0 N–H and O–H groups in total. The zero-order valence-corrected chi connectivity index (χ0v) is 7.46. The van der Waals surface area contributed by atoms with Crippen LogP contribution in [-0.2, 0) is 0 Å². The molecule has 2 rings (SSSR count). The molecule has 0 amide bonds. The summed E-state index contributed by atoms with van der Waals surface area (Å²) in [6.07, 6.45) is 8.06. The van der Waals surface area contributed by atoms with Crippen molar-refractivity contribution in [3.8, 4) is 0 Å². The summed E-state index contributed by atoms with van der Waals surface area (Å²) in [4.78, 5) is 14.6. The van der Waals surface area contributed by atoms with Gasteiger partial charge >= 0.3 is 0 Å². The molecular weight excluding hydrogens is 188 g/mol. The van der Waals surface area contributed by atoms with Crippen LogP contribution in [0.15, 0.2) is 43.2 Å². The average molecular weight is 195 g/mol. The first-order valence-corrected chi connectivity index (χ1v) is 3.90. The van der Waals surface area contributed by atoms with Gasteiger partial charge in [-0.1, -0.05) is 0 Å². The lowest BCUT2D eigenvalue weighted by Crippen LogP contribution is -1.73. The van der Waals surface area contributed by atoms with Gasteiger partial charge in [0.15, 0.2) is 0 Å². The molecule has 0 spiro atoms. The van der Waals surface area contributed by atoms with Gasteiger partial charge in [0.25, 0.3) is 0 Å². The van der Waals surface area contributed by atoms with Crippen molar-refractivity contribution < 1.29 is 0 Å². The molecule has 2 aromatic heterocycles. The van der Waals surface area contributed by atoms with Gasteiger partial charge in [0.1, 0.15) is 6.33 Å². The molecule has 66 valence electrons. The number of rotatable bonds is 0. The van der Waals surface area contributed by atoms with Crippen molar-refractivity contribution in [2.75, 3.05) is 0 Å². The van der Waals surface area contributed by atoms with E-state index in [1.807, 2.05) is 0 Å². The third kappa shape index (κ3) is 4.81. The highest BCUT2D eigenvalue weighted by Crippen LogP contribution is 1.92. The number of hydrogen-bond acceptors (Lipinski definition) is 4. The minimum atomic E-state index is 0.294. The smallest absolute Gasteiger partial charge is 0.222 e. The third-order valence-electron chi connectivity index (χ3n) is 1.01. The summed E-state index contributed by atoms with van der Waals surface area (Å²) in [5.74, 6) is 0. The van der Waals surface area contributed by atoms with E-state index in [9.17, 15) is 0 Å². The van der Waals surface area contributed by atoms with Crippen LogP contribution >= 0.6 is 11.6 Å². The number of hydrogen-bond donors (Lipinski definition) is 0. The molecule has 0 atom stereocenters. The first kappa shape index (κ1) is 9.54. The van der Waals surface area contributed by atoms with Gasteiger partial charge in [0, 0.05) is 24.8 Å². The molecule has 0 aliphatic heterocycles. The fraction of sp³-hybridized carbons (Fsp3) is 0. The fourth-order valence-electron chi connectivity index (χ4n) is 0.534. The standard InChI is InChI=1S/C4H3ClN2.C4H4N2/c5-4-6-2-1-3-7-4;1-2-5-4-6-3-1/h1-3H;1-4H. The van der Waals surface area contributed by atoms with Crippen molar-refractivity contribution in [3.63, 3.8) is 0 Å². The zero-order chi connectivity index (χ0) is 9.36. The molecule has 13 heavy (non-hydrogen) atoms. The Hall–Kier alpha value is -1.55. The largest absolute Gasteiger partial charge is 0.245 e. The van der Waals surface area contributed by atoms with Crippen molar-refractivity contribution in [1.82, 2.24) is 19.9 Å². The van der Waals surface area contributed by atoms with Crippen LogP contribution in [0, 0.1) is 0 Å². The van der Waals surface area contributed by atoms with Crippen LogP contribution in [0.1, 0.15) is 0 Å². The molecule has 0 saturated carbocycles. The fourth-order valence-corrected chi connectivity index (χ4v) is 0.647. The normalized spacial score (nSPS) is 8.38. The van der Waals surface area contributed by atoms with Crippen LogP contribution < -0.4 is 0 Å². The second-order valence-electron chi connectivity index (χ2n) is 1.92. The summed E-state index contributed by atoms with van der Waals surface area (Å²) in [7, 11) is 0. The monoisotopic (exact) mass is 194 g/mol. The van der Waals surface area contributed by atoms with Crippen LogP contribution in [0.2, 0.25) is 5.28 Å². The molecule has 0 aliphatic rings. The summed E-state index contributed by atoms with van der Waals surface area (Å²) in [5, 5.41) is 0.294. The molecule has 0 bridgehead atoms.